The van der Waals surface area contributed by atoms with Crippen LogP contribution in [0.5, 0.6) is 0 Å². The molecule has 2 aliphatic heterocycles. The van der Waals surface area contributed by atoms with Gasteiger partial charge in [0.05, 0.1) is 10.6 Å². The van der Waals surface area contributed by atoms with E-state index < -0.39 is 15.6 Å². The van der Waals surface area contributed by atoms with Crippen LogP contribution in [0.1, 0.15) is 43.6 Å². The third-order valence-corrected chi connectivity index (χ3v) is 10.8. The standard InChI is InChI=1S/C32H38ClFN4O3S/c1-31(2)23-38(32(3,4)22-36(31)21-24-8-6-5-7-9-24)30(39)25-10-15-28(33)29(20-25)42(40,41)37-18-16-35(17-19-37)27-13-11-26(34)12-14-27/h5-15,20H,16-19,21-23H2,1-4H3. The van der Waals surface area contributed by atoms with Gasteiger partial charge in [0.15, 0.2) is 0 Å². The smallest absolute Gasteiger partial charge is 0.254 e. The van der Waals surface area contributed by atoms with Gasteiger partial charge >= 0.3 is 0 Å². The molecule has 0 unspecified atom stereocenters. The van der Waals surface area contributed by atoms with E-state index in [4.69, 9.17) is 11.6 Å². The molecule has 0 N–H and O–H groups in total. The van der Waals surface area contributed by atoms with Gasteiger partial charge in [0.1, 0.15) is 10.7 Å². The van der Waals surface area contributed by atoms with Crippen molar-refractivity contribution in [3.8, 4) is 0 Å². The Hall–Kier alpha value is -2.98. The Labute approximate surface area is 253 Å². The molecule has 2 saturated heterocycles. The molecule has 0 bridgehead atoms. The van der Waals surface area contributed by atoms with Crippen molar-refractivity contribution in [3.63, 3.8) is 0 Å². The van der Waals surface area contributed by atoms with Crippen LogP contribution in [0.25, 0.3) is 0 Å². The van der Waals surface area contributed by atoms with E-state index in [2.05, 4.69) is 30.9 Å². The third kappa shape index (κ3) is 6.20. The lowest BCUT2D eigenvalue weighted by atomic mass is 9.87. The molecule has 2 fully saturated rings. The maximum absolute atomic E-state index is 14.0. The highest BCUT2D eigenvalue weighted by Crippen LogP contribution is 2.34. The molecular formula is C32H38ClFN4O3S. The van der Waals surface area contributed by atoms with Crippen LogP contribution in [0.15, 0.2) is 77.7 Å². The largest absolute Gasteiger partial charge is 0.369 e. The Bertz CT molecular complexity index is 1540. The number of sulfonamides is 1. The van der Waals surface area contributed by atoms with Gasteiger partial charge in [-0.3, -0.25) is 9.69 Å². The predicted octanol–water partition coefficient (Wildman–Crippen LogP) is 5.51. The van der Waals surface area contributed by atoms with Crippen LogP contribution >= 0.6 is 11.6 Å². The minimum atomic E-state index is -3.95. The first-order chi connectivity index (χ1) is 19.8. The van der Waals surface area contributed by atoms with Crippen molar-refractivity contribution in [2.75, 3.05) is 44.2 Å². The Kier molecular flexibility index (Phi) is 8.42. The second kappa shape index (κ2) is 11.6. The van der Waals surface area contributed by atoms with Crippen LogP contribution in [0, 0.1) is 5.82 Å². The van der Waals surface area contributed by atoms with Crippen molar-refractivity contribution < 1.29 is 17.6 Å². The summed E-state index contributed by atoms with van der Waals surface area (Å²) in [4.78, 5) is 20.2. The maximum atomic E-state index is 14.0. The van der Waals surface area contributed by atoms with Crippen molar-refractivity contribution in [2.45, 2.75) is 50.2 Å². The van der Waals surface area contributed by atoms with E-state index in [-0.39, 0.29) is 40.3 Å². The van der Waals surface area contributed by atoms with Gasteiger partial charge in [0.2, 0.25) is 10.0 Å². The van der Waals surface area contributed by atoms with E-state index in [0.29, 0.717) is 31.7 Å². The summed E-state index contributed by atoms with van der Waals surface area (Å²) in [6.07, 6.45) is 0. The molecule has 10 heteroatoms. The van der Waals surface area contributed by atoms with Crippen molar-refractivity contribution in [2.24, 2.45) is 0 Å². The molecule has 3 aromatic rings. The molecule has 5 rings (SSSR count). The minimum absolute atomic E-state index is 0.0648. The fourth-order valence-electron chi connectivity index (χ4n) is 5.86. The van der Waals surface area contributed by atoms with Crippen LogP contribution in [0.3, 0.4) is 0 Å². The fourth-order valence-corrected chi connectivity index (χ4v) is 7.78. The van der Waals surface area contributed by atoms with Crippen LogP contribution in [-0.4, -0.2) is 78.8 Å². The topological polar surface area (TPSA) is 64.2 Å². The van der Waals surface area contributed by atoms with Gasteiger partial charge in [-0.1, -0.05) is 41.9 Å². The van der Waals surface area contributed by atoms with Gasteiger partial charge in [-0.25, -0.2) is 12.8 Å². The monoisotopic (exact) mass is 612 g/mol. The number of amides is 1. The molecule has 0 aromatic heterocycles. The number of rotatable bonds is 6. The molecule has 224 valence electrons. The Balaban J connectivity index is 1.33. The SMILES string of the molecule is CC1(C)CN(C(=O)c2ccc(Cl)c(S(=O)(=O)N3CCN(c4ccc(F)cc4)CC3)c2)C(C)(C)CN1Cc1ccccc1. The number of halogens is 2. The average Bonchev–Trinajstić information content (AvgIpc) is 2.96. The average molecular weight is 613 g/mol. The second-order valence-corrected chi connectivity index (χ2v) is 14.7. The molecule has 0 spiro atoms. The number of piperazine rings is 2. The van der Waals surface area contributed by atoms with Gasteiger partial charge < -0.3 is 9.80 Å². The number of hydrogen-bond acceptors (Lipinski definition) is 5. The first-order valence-electron chi connectivity index (χ1n) is 14.2. The van der Waals surface area contributed by atoms with Gasteiger partial charge in [-0.15, -0.1) is 0 Å². The molecule has 2 aliphatic rings. The van der Waals surface area contributed by atoms with E-state index in [1.54, 1.807) is 18.2 Å². The van der Waals surface area contributed by atoms with E-state index in [1.165, 1.54) is 34.1 Å². The Morgan fingerprint density at radius 1 is 0.857 bits per heavy atom. The maximum Gasteiger partial charge on any atom is 0.254 e. The van der Waals surface area contributed by atoms with Crippen LogP contribution < -0.4 is 4.90 Å². The summed E-state index contributed by atoms with van der Waals surface area (Å²) in [7, 11) is -3.95. The second-order valence-electron chi connectivity index (χ2n) is 12.4. The highest BCUT2D eigenvalue weighted by Gasteiger charge is 2.45. The molecule has 2 heterocycles. The number of hydrogen-bond donors (Lipinski definition) is 0. The molecule has 1 amide bonds. The predicted molar refractivity (Wildman–Crippen MR) is 165 cm³/mol. The Morgan fingerprint density at radius 3 is 2.14 bits per heavy atom. The zero-order valence-corrected chi connectivity index (χ0v) is 26.1. The van der Waals surface area contributed by atoms with E-state index in [0.717, 1.165) is 12.2 Å². The molecule has 0 atom stereocenters. The van der Waals surface area contributed by atoms with E-state index in [1.807, 2.05) is 41.8 Å². The molecule has 3 aromatic carbocycles. The summed E-state index contributed by atoms with van der Waals surface area (Å²) in [6.45, 7) is 11.7. The fraction of sp³-hybridized carbons (Fsp3) is 0.406. The lowest BCUT2D eigenvalue weighted by molar-refractivity contribution is -0.0454. The normalized spacial score (nSPS) is 19.6. The number of benzene rings is 3. The van der Waals surface area contributed by atoms with Crippen molar-refractivity contribution in [1.29, 1.82) is 0 Å². The highest BCUT2D eigenvalue weighted by molar-refractivity contribution is 7.89. The number of anilines is 1. The Morgan fingerprint density at radius 2 is 1.50 bits per heavy atom. The molecule has 7 nitrogen and oxygen atoms in total. The highest BCUT2D eigenvalue weighted by atomic mass is 35.5. The van der Waals surface area contributed by atoms with Crippen LogP contribution in [-0.2, 0) is 16.6 Å². The lowest BCUT2D eigenvalue weighted by Crippen LogP contribution is -2.68. The van der Waals surface area contributed by atoms with Crippen LogP contribution in [0.2, 0.25) is 5.02 Å². The summed E-state index contributed by atoms with van der Waals surface area (Å²) in [5.74, 6) is -0.535. The van der Waals surface area contributed by atoms with E-state index >= 15 is 0 Å². The summed E-state index contributed by atoms with van der Waals surface area (Å²) in [5.41, 5.74) is 1.56. The van der Waals surface area contributed by atoms with Crippen molar-refractivity contribution >= 4 is 33.2 Å². The number of carbonyl (C=O) groups is 1. The minimum Gasteiger partial charge on any atom is -0.369 e. The van der Waals surface area contributed by atoms with Gasteiger partial charge in [-0.2, -0.15) is 4.31 Å². The van der Waals surface area contributed by atoms with Gasteiger partial charge in [0.25, 0.3) is 5.91 Å². The van der Waals surface area contributed by atoms with E-state index in [9.17, 15) is 17.6 Å². The molecule has 0 radical (unpaired) electrons. The first-order valence-corrected chi connectivity index (χ1v) is 16.0. The van der Waals surface area contributed by atoms with Crippen molar-refractivity contribution in [3.05, 3.63) is 94.8 Å². The summed E-state index contributed by atoms with van der Waals surface area (Å²) in [5, 5.41) is 0.0831. The number of carbonyl (C=O) groups excluding carboxylic acids is 1. The first kappa shape index (κ1) is 30.5. The van der Waals surface area contributed by atoms with Gasteiger partial charge in [0, 0.05) is 62.6 Å². The molecule has 0 aliphatic carbocycles. The quantitative estimate of drug-likeness (QED) is 0.368. The lowest BCUT2D eigenvalue weighted by Gasteiger charge is -2.55. The summed E-state index contributed by atoms with van der Waals surface area (Å²) < 4.78 is 42.2. The molecular weight excluding hydrogens is 575 g/mol. The van der Waals surface area contributed by atoms with Crippen molar-refractivity contribution in [1.82, 2.24) is 14.1 Å². The molecule has 42 heavy (non-hydrogen) atoms. The zero-order chi connectivity index (χ0) is 30.3. The molecule has 0 saturated carbocycles. The zero-order valence-electron chi connectivity index (χ0n) is 24.6. The van der Waals surface area contributed by atoms with Gasteiger partial charge in [-0.05, 0) is 75.7 Å². The summed E-state index contributed by atoms with van der Waals surface area (Å²) >= 11 is 6.44. The summed E-state index contributed by atoms with van der Waals surface area (Å²) in [6, 6.07) is 21.0. The van der Waals surface area contributed by atoms with Crippen LogP contribution in [0.4, 0.5) is 10.1 Å². The third-order valence-electron chi connectivity index (χ3n) is 8.40. The number of nitrogens with zero attached hydrogens (tertiary/aromatic N) is 4.